The van der Waals surface area contributed by atoms with Crippen LogP contribution in [0, 0.1) is 0 Å². The normalized spacial score (nSPS) is 11.7. The van der Waals surface area contributed by atoms with Gasteiger partial charge in [0.05, 0.1) is 5.69 Å². The monoisotopic (exact) mass is 769 g/mol. The molecule has 1 heterocycles. The number of hydrogen-bond acceptors (Lipinski definition) is 2. The third-order valence-electron chi connectivity index (χ3n) is 12.0. The van der Waals surface area contributed by atoms with Gasteiger partial charge in [0.15, 0.2) is 8.07 Å². The molecule has 0 fully saturated rings. The van der Waals surface area contributed by atoms with E-state index in [1.54, 1.807) is 0 Å². The Bertz CT molecular complexity index is 3150. The van der Waals surface area contributed by atoms with Crippen molar-refractivity contribution in [2.45, 2.75) is 0 Å². The van der Waals surface area contributed by atoms with Crippen molar-refractivity contribution in [1.82, 2.24) is 0 Å². The molecule has 0 amide bonds. The van der Waals surface area contributed by atoms with Crippen LogP contribution in [-0.4, -0.2) is 8.07 Å². The average molecular weight is 770 g/mol. The Balaban J connectivity index is 1.09. The Labute approximate surface area is 344 Å². The molecule has 0 unspecified atom stereocenters. The SMILES string of the molecule is c1ccc([Si](c2ccccc2)(c2ccccc2)c2ccc(N(c3ccc(-c4ccc5c(c4)oc4ccccc45)cc3)c3cc4ccccc4c4ccccc34)cc2)cc1. The van der Waals surface area contributed by atoms with E-state index in [2.05, 4.69) is 229 Å². The van der Waals surface area contributed by atoms with Crippen LogP contribution in [0.1, 0.15) is 0 Å². The van der Waals surface area contributed by atoms with E-state index in [1.165, 1.54) is 42.3 Å². The summed E-state index contributed by atoms with van der Waals surface area (Å²) in [6.45, 7) is 0. The molecular weight excluding hydrogens is 731 g/mol. The molecule has 10 aromatic carbocycles. The van der Waals surface area contributed by atoms with Gasteiger partial charge in [0.2, 0.25) is 0 Å². The van der Waals surface area contributed by atoms with Crippen molar-refractivity contribution in [3.8, 4) is 11.1 Å². The topological polar surface area (TPSA) is 16.4 Å². The summed E-state index contributed by atoms with van der Waals surface area (Å²) in [7, 11) is -2.70. The zero-order valence-corrected chi connectivity index (χ0v) is 33.4. The van der Waals surface area contributed by atoms with Gasteiger partial charge in [-0.05, 0) is 96.6 Å². The molecule has 0 spiro atoms. The van der Waals surface area contributed by atoms with E-state index in [-0.39, 0.29) is 0 Å². The Morgan fingerprint density at radius 1 is 0.305 bits per heavy atom. The summed E-state index contributed by atoms with van der Waals surface area (Å²) in [5, 5.41) is 12.6. The number of para-hydroxylation sites is 1. The molecule has 11 aromatic rings. The molecule has 0 saturated heterocycles. The maximum Gasteiger partial charge on any atom is 0.179 e. The van der Waals surface area contributed by atoms with Crippen LogP contribution >= 0.6 is 0 Å². The molecule has 0 aliphatic heterocycles. The second-order valence-corrected chi connectivity index (χ2v) is 19.1. The Morgan fingerprint density at radius 3 is 1.39 bits per heavy atom. The first-order valence-corrected chi connectivity index (χ1v) is 22.3. The van der Waals surface area contributed by atoms with E-state index >= 15 is 0 Å². The summed E-state index contributed by atoms with van der Waals surface area (Å²) in [5.41, 5.74) is 7.40. The number of furan rings is 1. The molecule has 0 radical (unpaired) electrons. The first-order valence-electron chi connectivity index (χ1n) is 20.3. The molecule has 0 N–H and O–H groups in total. The van der Waals surface area contributed by atoms with Gasteiger partial charge in [-0.2, -0.15) is 0 Å². The van der Waals surface area contributed by atoms with Crippen LogP contribution in [0.5, 0.6) is 0 Å². The van der Waals surface area contributed by atoms with Gasteiger partial charge in [0, 0.05) is 27.5 Å². The van der Waals surface area contributed by atoms with Crippen LogP contribution in [-0.2, 0) is 0 Å². The van der Waals surface area contributed by atoms with Gasteiger partial charge >= 0.3 is 0 Å². The standard InChI is InChI=1S/C56H39NOSi/c1-4-17-45(18-5-1)59(46-19-6-2-7-20-46,47-21-8-3-9-22-47)48-35-33-44(34-36-48)57(54-38-42-16-10-11-23-49(42)50-24-12-13-25-51(50)54)43-31-28-40(29-32-43)41-30-37-53-52-26-14-15-27-55(52)58-56(53)39-41/h1-39H. The minimum atomic E-state index is -2.70. The molecule has 2 nitrogen and oxygen atoms in total. The summed E-state index contributed by atoms with van der Waals surface area (Å²) in [6.07, 6.45) is 0. The van der Waals surface area contributed by atoms with Crippen LogP contribution in [0.25, 0.3) is 54.6 Å². The zero-order valence-electron chi connectivity index (χ0n) is 32.4. The van der Waals surface area contributed by atoms with Crippen LogP contribution < -0.4 is 25.6 Å². The van der Waals surface area contributed by atoms with Crippen molar-refractivity contribution in [2.24, 2.45) is 0 Å². The highest BCUT2D eigenvalue weighted by Gasteiger charge is 2.41. The molecule has 278 valence electrons. The lowest BCUT2D eigenvalue weighted by molar-refractivity contribution is 0.669. The number of benzene rings is 10. The van der Waals surface area contributed by atoms with Crippen molar-refractivity contribution < 1.29 is 4.42 Å². The molecule has 0 atom stereocenters. The summed E-state index contributed by atoms with van der Waals surface area (Å²) in [5.74, 6) is 0. The predicted molar refractivity (Wildman–Crippen MR) is 252 cm³/mol. The minimum Gasteiger partial charge on any atom is -0.456 e. The maximum atomic E-state index is 6.28. The fourth-order valence-corrected chi connectivity index (χ4v) is 14.0. The number of nitrogens with zero attached hydrogens (tertiary/aromatic N) is 1. The van der Waals surface area contributed by atoms with E-state index in [9.17, 15) is 0 Å². The highest BCUT2D eigenvalue weighted by Crippen LogP contribution is 2.42. The van der Waals surface area contributed by atoms with Crippen LogP contribution in [0.4, 0.5) is 17.1 Å². The molecule has 11 rings (SSSR count). The van der Waals surface area contributed by atoms with Crippen LogP contribution in [0.3, 0.4) is 0 Å². The highest BCUT2D eigenvalue weighted by atomic mass is 28.3. The molecular formula is C56H39NOSi. The first kappa shape index (κ1) is 34.8. The van der Waals surface area contributed by atoms with E-state index in [0.717, 1.165) is 50.1 Å². The fourth-order valence-electron chi connectivity index (χ4n) is 9.28. The summed E-state index contributed by atoms with van der Waals surface area (Å²) in [4.78, 5) is 2.43. The molecule has 1 aromatic heterocycles. The third-order valence-corrected chi connectivity index (χ3v) is 16.8. The van der Waals surface area contributed by atoms with Crippen molar-refractivity contribution in [3.05, 3.63) is 237 Å². The second kappa shape index (κ2) is 14.5. The molecule has 59 heavy (non-hydrogen) atoms. The highest BCUT2D eigenvalue weighted by molar-refractivity contribution is 7.19. The second-order valence-electron chi connectivity index (χ2n) is 15.2. The predicted octanol–water partition coefficient (Wildman–Crippen LogP) is 12.4. The Hall–Kier alpha value is -7.46. The molecule has 0 aliphatic rings. The summed E-state index contributed by atoms with van der Waals surface area (Å²) < 4.78 is 6.28. The number of rotatable bonds is 8. The molecule has 0 saturated carbocycles. The number of hydrogen-bond donors (Lipinski definition) is 0. The fraction of sp³-hybridized carbons (Fsp3) is 0. The molecule has 3 heteroatoms. The van der Waals surface area contributed by atoms with Gasteiger partial charge in [-0.15, -0.1) is 0 Å². The summed E-state index contributed by atoms with van der Waals surface area (Å²) >= 11 is 0. The van der Waals surface area contributed by atoms with E-state index in [1.807, 2.05) is 12.1 Å². The van der Waals surface area contributed by atoms with Crippen LogP contribution in [0.2, 0.25) is 0 Å². The van der Waals surface area contributed by atoms with E-state index in [0.29, 0.717) is 0 Å². The number of anilines is 3. The van der Waals surface area contributed by atoms with Crippen molar-refractivity contribution in [3.63, 3.8) is 0 Å². The Kier molecular flexibility index (Phi) is 8.53. The molecule has 0 bridgehead atoms. The van der Waals surface area contributed by atoms with Crippen molar-refractivity contribution in [2.75, 3.05) is 4.90 Å². The largest absolute Gasteiger partial charge is 0.456 e. The third kappa shape index (κ3) is 5.86. The van der Waals surface area contributed by atoms with Crippen LogP contribution in [0.15, 0.2) is 241 Å². The first-order chi connectivity index (χ1) is 29.3. The van der Waals surface area contributed by atoms with Gasteiger partial charge in [-0.25, -0.2) is 0 Å². The van der Waals surface area contributed by atoms with Crippen molar-refractivity contribution in [1.29, 1.82) is 0 Å². The van der Waals surface area contributed by atoms with Crippen molar-refractivity contribution >= 4 is 89.4 Å². The van der Waals surface area contributed by atoms with Gasteiger partial charge in [-0.3, -0.25) is 0 Å². The molecule has 0 aliphatic carbocycles. The maximum absolute atomic E-state index is 6.28. The number of fused-ring (bicyclic) bond motifs is 6. The quantitative estimate of drug-likeness (QED) is 0.0869. The lowest BCUT2D eigenvalue weighted by Gasteiger charge is -2.35. The van der Waals surface area contributed by atoms with Gasteiger partial charge < -0.3 is 9.32 Å². The summed E-state index contributed by atoms with van der Waals surface area (Å²) in [6, 6.07) is 86.5. The minimum absolute atomic E-state index is 0.901. The van der Waals surface area contributed by atoms with Gasteiger partial charge in [0.25, 0.3) is 0 Å². The van der Waals surface area contributed by atoms with Gasteiger partial charge in [-0.1, -0.05) is 188 Å². The van der Waals surface area contributed by atoms with Gasteiger partial charge in [0.1, 0.15) is 11.2 Å². The smallest absolute Gasteiger partial charge is 0.179 e. The lowest BCUT2D eigenvalue weighted by Crippen LogP contribution is -2.74. The van der Waals surface area contributed by atoms with E-state index < -0.39 is 8.07 Å². The average Bonchev–Trinajstić information content (AvgIpc) is 3.69. The lowest BCUT2D eigenvalue weighted by atomic mass is 9.98. The zero-order chi connectivity index (χ0) is 39.2. The Morgan fingerprint density at radius 2 is 0.763 bits per heavy atom. The van der Waals surface area contributed by atoms with E-state index in [4.69, 9.17) is 4.42 Å².